The Bertz CT molecular complexity index is 837. The molecule has 1 aromatic carbocycles. The van der Waals surface area contributed by atoms with E-state index in [1.807, 2.05) is 9.44 Å². The normalized spacial score (nSPS) is 13.6. The number of aliphatic carboxylic acids is 1. The maximum atomic E-state index is 14.1. The Hall–Kier alpha value is -1.72. The zero-order valence-electron chi connectivity index (χ0n) is 14.0. The first-order chi connectivity index (χ1) is 11.4. The van der Waals surface area contributed by atoms with Crippen LogP contribution >= 0.6 is 0 Å². The average Bonchev–Trinajstić information content (AvgIpc) is 2.46. The van der Waals surface area contributed by atoms with Gasteiger partial charge in [-0.3, -0.25) is 9.52 Å². The lowest BCUT2D eigenvalue weighted by atomic mass is 10.1. The van der Waals surface area contributed by atoms with E-state index in [1.165, 1.54) is 13.8 Å². The van der Waals surface area contributed by atoms with E-state index in [4.69, 9.17) is 5.11 Å². The van der Waals surface area contributed by atoms with Gasteiger partial charge >= 0.3 is 5.97 Å². The molecule has 0 aliphatic rings. The van der Waals surface area contributed by atoms with Gasteiger partial charge in [-0.1, -0.05) is 20.8 Å². The molecule has 0 aromatic heterocycles. The largest absolute Gasteiger partial charge is 0.480 e. The molecule has 8 nitrogen and oxygen atoms in total. The van der Waals surface area contributed by atoms with E-state index in [-0.39, 0.29) is 11.4 Å². The van der Waals surface area contributed by atoms with E-state index >= 15 is 0 Å². The molecule has 0 aliphatic heterocycles. The molecular formula is C14H21FN2O6S2. The quantitative estimate of drug-likeness (QED) is 0.578. The number of benzene rings is 1. The van der Waals surface area contributed by atoms with Crippen LogP contribution in [0.25, 0.3) is 0 Å². The van der Waals surface area contributed by atoms with Crippen LogP contribution in [0.1, 0.15) is 27.2 Å². The number of carbonyl (C=O) groups is 1. The fourth-order valence-electron chi connectivity index (χ4n) is 1.94. The molecule has 1 atom stereocenters. The minimum Gasteiger partial charge on any atom is -0.480 e. The Morgan fingerprint density at radius 3 is 2.28 bits per heavy atom. The standard InChI is InChI=1S/C14H21FN2O6S2/c1-4-7-24(20,21)16-12-6-5-10(8-11(12)15)25(22,23)17-13(9(2)3)14(18)19/h5-6,8-9,13,16-17H,4,7H2,1-3H3,(H,18,19)/t13-/m1/s1. The zero-order valence-corrected chi connectivity index (χ0v) is 15.6. The minimum atomic E-state index is -4.29. The van der Waals surface area contributed by atoms with Crippen LogP contribution in [-0.2, 0) is 24.8 Å². The maximum absolute atomic E-state index is 14.1. The summed E-state index contributed by atoms with van der Waals surface area (Å²) in [7, 11) is -8.02. The summed E-state index contributed by atoms with van der Waals surface area (Å²) in [5.74, 6) is -3.18. The first-order valence-electron chi connectivity index (χ1n) is 7.44. The number of hydrogen-bond acceptors (Lipinski definition) is 5. The molecule has 0 unspecified atom stereocenters. The molecule has 25 heavy (non-hydrogen) atoms. The van der Waals surface area contributed by atoms with Crippen LogP contribution in [0.15, 0.2) is 23.1 Å². The van der Waals surface area contributed by atoms with Gasteiger partial charge in [0.05, 0.1) is 16.3 Å². The second-order valence-electron chi connectivity index (χ2n) is 5.74. The van der Waals surface area contributed by atoms with Crippen molar-refractivity contribution in [1.29, 1.82) is 0 Å². The summed E-state index contributed by atoms with van der Waals surface area (Å²) in [5, 5.41) is 9.05. The van der Waals surface area contributed by atoms with Gasteiger partial charge in [-0.05, 0) is 30.5 Å². The molecule has 0 saturated heterocycles. The monoisotopic (exact) mass is 396 g/mol. The third-order valence-electron chi connectivity index (χ3n) is 3.20. The summed E-state index contributed by atoms with van der Waals surface area (Å²) in [5.41, 5.74) is -0.383. The van der Waals surface area contributed by atoms with E-state index in [0.29, 0.717) is 12.5 Å². The number of carboxylic acids is 1. The summed E-state index contributed by atoms with van der Waals surface area (Å²) < 4.78 is 65.9. The van der Waals surface area contributed by atoms with Crippen molar-refractivity contribution in [3.63, 3.8) is 0 Å². The van der Waals surface area contributed by atoms with Crippen molar-refractivity contribution in [3.8, 4) is 0 Å². The highest BCUT2D eigenvalue weighted by Gasteiger charge is 2.28. The van der Waals surface area contributed by atoms with E-state index in [9.17, 15) is 26.0 Å². The van der Waals surface area contributed by atoms with E-state index < -0.39 is 48.7 Å². The molecule has 0 radical (unpaired) electrons. The number of sulfonamides is 2. The number of anilines is 1. The summed E-state index contributed by atoms with van der Waals surface area (Å²) in [6.45, 7) is 4.69. The molecular weight excluding hydrogens is 375 g/mol. The van der Waals surface area contributed by atoms with Gasteiger partial charge in [0.2, 0.25) is 20.0 Å². The lowest BCUT2D eigenvalue weighted by Crippen LogP contribution is -2.44. The van der Waals surface area contributed by atoms with Crippen LogP contribution < -0.4 is 9.44 Å². The highest BCUT2D eigenvalue weighted by atomic mass is 32.2. The van der Waals surface area contributed by atoms with Crippen molar-refractivity contribution >= 4 is 31.7 Å². The van der Waals surface area contributed by atoms with E-state index in [2.05, 4.69) is 0 Å². The summed E-state index contributed by atoms with van der Waals surface area (Å²) in [6, 6.07) is 1.22. The molecule has 0 saturated carbocycles. The third-order valence-corrected chi connectivity index (χ3v) is 6.12. The number of carboxylic acid groups (broad SMARTS) is 1. The molecule has 142 valence electrons. The summed E-state index contributed by atoms with van der Waals surface area (Å²) in [6.07, 6.45) is 0.332. The number of halogens is 1. The van der Waals surface area contributed by atoms with Crippen molar-refractivity contribution in [2.75, 3.05) is 10.5 Å². The van der Waals surface area contributed by atoms with Crippen molar-refractivity contribution in [3.05, 3.63) is 24.0 Å². The Labute approximate surface area is 146 Å². The molecule has 3 N–H and O–H groups in total. The van der Waals surface area contributed by atoms with Crippen LogP contribution in [0.5, 0.6) is 0 Å². The predicted molar refractivity (Wildman–Crippen MR) is 90.7 cm³/mol. The second-order valence-corrected chi connectivity index (χ2v) is 9.30. The highest BCUT2D eigenvalue weighted by molar-refractivity contribution is 7.92. The van der Waals surface area contributed by atoms with Gasteiger partial charge in [-0.25, -0.2) is 21.2 Å². The molecule has 0 aliphatic carbocycles. The second kappa shape index (κ2) is 8.11. The molecule has 0 amide bonds. The molecule has 1 rings (SSSR count). The number of nitrogens with one attached hydrogen (secondary N) is 2. The van der Waals surface area contributed by atoms with Gasteiger partial charge in [-0.2, -0.15) is 4.72 Å². The van der Waals surface area contributed by atoms with Gasteiger partial charge in [0.1, 0.15) is 11.9 Å². The first kappa shape index (κ1) is 21.3. The molecule has 0 heterocycles. The first-order valence-corrected chi connectivity index (χ1v) is 10.6. The SMILES string of the molecule is CCCS(=O)(=O)Nc1ccc(S(=O)(=O)N[C@@H](C(=O)O)C(C)C)cc1F. The van der Waals surface area contributed by atoms with Gasteiger partial charge in [-0.15, -0.1) is 0 Å². The maximum Gasteiger partial charge on any atom is 0.322 e. The Morgan fingerprint density at radius 1 is 1.24 bits per heavy atom. The fraction of sp³-hybridized carbons (Fsp3) is 0.500. The van der Waals surface area contributed by atoms with Crippen LogP contribution in [0, 0.1) is 11.7 Å². The number of rotatable bonds is 9. The molecule has 0 spiro atoms. The van der Waals surface area contributed by atoms with Crippen LogP contribution in [-0.4, -0.2) is 39.7 Å². The van der Waals surface area contributed by atoms with Crippen LogP contribution in [0.3, 0.4) is 0 Å². The van der Waals surface area contributed by atoms with Crippen LogP contribution in [0.4, 0.5) is 10.1 Å². The topological polar surface area (TPSA) is 130 Å². The average molecular weight is 396 g/mol. The van der Waals surface area contributed by atoms with Gasteiger partial charge < -0.3 is 5.11 Å². The van der Waals surface area contributed by atoms with Crippen molar-refractivity contribution in [2.24, 2.45) is 5.92 Å². The third kappa shape index (κ3) is 5.94. The van der Waals surface area contributed by atoms with Gasteiger partial charge in [0, 0.05) is 0 Å². The Kier molecular flexibility index (Phi) is 6.91. The van der Waals surface area contributed by atoms with Gasteiger partial charge in [0.25, 0.3) is 0 Å². The lowest BCUT2D eigenvalue weighted by molar-refractivity contribution is -0.140. The van der Waals surface area contributed by atoms with E-state index in [1.54, 1.807) is 6.92 Å². The predicted octanol–water partition coefficient (Wildman–Crippen LogP) is 1.36. The van der Waals surface area contributed by atoms with Crippen molar-refractivity contribution in [2.45, 2.75) is 38.1 Å². The van der Waals surface area contributed by atoms with Gasteiger partial charge in [0.15, 0.2) is 0 Å². The molecule has 0 fully saturated rings. The molecule has 0 bridgehead atoms. The van der Waals surface area contributed by atoms with Crippen molar-refractivity contribution in [1.82, 2.24) is 4.72 Å². The lowest BCUT2D eigenvalue weighted by Gasteiger charge is -2.18. The minimum absolute atomic E-state index is 0.206. The Balaban J connectivity index is 3.11. The summed E-state index contributed by atoms with van der Waals surface area (Å²) >= 11 is 0. The highest BCUT2D eigenvalue weighted by Crippen LogP contribution is 2.21. The summed E-state index contributed by atoms with van der Waals surface area (Å²) in [4.78, 5) is 10.6. The van der Waals surface area contributed by atoms with E-state index in [0.717, 1.165) is 12.1 Å². The molecule has 1 aromatic rings. The van der Waals surface area contributed by atoms with Crippen molar-refractivity contribution < 1.29 is 31.1 Å². The fourth-order valence-corrected chi connectivity index (χ4v) is 4.43. The smallest absolute Gasteiger partial charge is 0.322 e. The molecule has 11 heteroatoms. The zero-order chi connectivity index (χ0) is 19.4. The van der Waals surface area contributed by atoms with Crippen LogP contribution in [0.2, 0.25) is 0 Å². The Morgan fingerprint density at radius 2 is 1.84 bits per heavy atom. The number of hydrogen-bond donors (Lipinski definition) is 3.